The van der Waals surface area contributed by atoms with E-state index in [4.69, 9.17) is 11.5 Å². The molecule has 0 aliphatic rings. The number of phenols is 1. The van der Waals surface area contributed by atoms with Gasteiger partial charge in [-0.15, -0.1) is 0 Å². The quantitative estimate of drug-likeness (QED) is 0.296. The zero-order valence-corrected chi connectivity index (χ0v) is 16.8. The molecular formula is C22H22N8O. The maximum absolute atomic E-state index is 9.57. The van der Waals surface area contributed by atoms with Crippen molar-refractivity contribution in [2.75, 3.05) is 34.0 Å². The molecule has 7 N–H and O–H groups in total. The van der Waals surface area contributed by atoms with E-state index in [9.17, 15) is 5.11 Å². The summed E-state index contributed by atoms with van der Waals surface area (Å²) in [6, 6.07) is 21.4. The van der Waals surface area contributed by atoms with Gasteiger partial charge in [-0.3, -0.25) is 0 Å². The smallest absolute Gasteiger partial charge is 0.236 e. The lowest BCUT2D eigenvalue weighted by molar-refractivity contribution is 0.475. The molecule has 3 aromatic carbocycles. The van der Waals surface area contributed by atoms with E-state index >= 15 is 0 Å². The summed E-state index contributed by atoms with van der Waals surface area (Å²) in [7, 11) is 1.83. The van der Waals surface area contributed by atoms with Crippen LogP contribution in [0.2, 0.25) is 0 Å². The van der Waals surface area contributed by atoms with Crippen molar-refractivity contribution in [3.8, 4) is 5.75 Å². The Bertz CT molecular complexity index is 1130. The minimum atomic E-state index is 0.181. The molecular weight excluding hydrogens is 392 g/mol. The third kappa shape index (κ3) is 4.91. The number of rotatable bonds is 6. The number of aromatic nitrogens is 3. The summed E-state index contributed by atoms with van der Waals surface area (Å²) in [5.41, 5.74) is 15.3. The maximum atomic E-state index is 9.57. The number of hydrogen-bond acceptors (Lipinski definition) is 9. The molecule has 0 amide bonds. The Labute approximate surface area is 179 Å². The van der Waals surface area contributed by atoms with Crippen molar-refractivity contribution in [3.63, 3.8) is 0 Å². The fourth-order valence-electron chi connectivity index (χ4n) is 2.91. The van der Waals surface area contributed by atoms with Crippen molar-refractivity contribution in [2.45, 2.75) is 0 Å². The van der Waals surface area contributed by atoms with Gasteiger partial charge in [0.1, 0.15) is 5.75 Å². The van der Waals surface area contributed by atoms with Crippen LogP contribution in [-0.2, 0) is 0 Å². The van der Waals surface area contributed by atoms with E-state index in [1.54, 1.807) is 53.4 Å². The summed E-state index contributed by atoms with van der Waals surface area (Å²) in [6.45, 7) is 0. The molecule has 0 radical (unpaired) electrons. The first-order valence-electron chi connectivity index (χ1n) is 9.50. The molecule has 4 aromatic rings. The van der Waals surface area contributed by atoms with Crippen molar-refractivity contribution >= 4 is 46.3 Å². The molecule has 156 valence electrons. The summed E-state index contributed by atoms with van der Waals surface area (Å²) in [5, 5.41) is 15.9. The van der Waals surface area contributed by atoms with E-state index in [2.05, 4.69) is 25.6 Å². The normalized spacial score (nSPS) is 10.5. The largest absolute Gasteiger partial charge is 0.508 e. The zero-order chi connectivity index (χ0) is 21.8. The Morgan fingerprint density at radius 3 is 1.74 bits per heavy atom. The van der Waals surface area contributed by atoms with E-state index in [0.717, 1.165) is 17.1 Å². The Morgan fingerprint density at radius 1 is 0.742 bits per heavy atom. The highest BCUT2D eigenvalue weighted by Crippen LogP contribution is 2.26. The van der Waals surface area contributed by atoms with Crippen molar-refractivity contribution < 1.29 is 5.11 Å². The summed E-state index contributed by atoms with van der Waals surface area (Å²) < 4.78 is 0. The molecule has 4 rings (SSSR count). The van der Waals surface area contributed by atoms with Gasteiger partial charge < -0.3 is 32.1 Å². The molecule has 0 saturated carbocycles. The van der Waals surface area contributed by atoms with E-state index < -0.39 is 0 Å². The second-order valence-corrected chi connectivity index (χ2v) is 6.86. The van der Waals surface area contributed by atoms with Gasteiger partial charge in [-0.2, -0.15) is 15.0 Å². The Balaban J connectivity index is 1.71. The number of nitrogens with zero attached hydrogens (tertiary/aromatic N) is 4. The lowest BCUT2D eigenvalue weighted by Gasteiger charge is -2.19. The van der Waals surface area contributed by atoms with Gasteiger partial charge in [0.15, 0.2) is 0 Å². The molecule has 9 nitrogen and oxygen atoms in total. The number of benzene rings is 3. The lowest BCUT2D eigenvalue weighted by Crippen LogP contribution is -2.16. The highest BCUT2D eigenvalue weighted by Gasteiger charge is 2.13. The topological polar surface area (TPSA) is 138 Å². The molecule has 1 heterocycles. The molecule has 0 aliphatic heterocycles. The number of hydrogen-bond donors (Lipinski definition) is 5. The van der Waals surface area contributed by atoms with Gasteiger partial charge in [0.25, 0.3) is 0 Å². The highest BCUT2D eigenvalue weighted by molar-refractivity contribution is 5.66. The van der Waals surface area contributed by atoms with Crippen LogP contribution in [0.25, 0.3) is 0 Å². The molecule has 9 heteroatoms. The van der Waals surface area contributed by atoms with Crippen LogP contribution in [0.1, 0.15) is 0 Å². The number of nitrogens with one attached hydrogen (secondary N) is 2. The average molecular weight is 414 g/mol. The molecule has 0 aliphatic carbocycles. The molecule has 31 heavy (non-hydrogen) atoms. The molecule has 0 atom stereocenters. The van der Waals surface area contributed by atoms with Gasteiger partial charge in [-0.1, -0.05) is 12.1 Å². The lowest BCUT2D eigenvalue weighted by atomic mass is 10.3. The van der Waals surface area contributed by atoms with Crippen molar-refractivity contribution in [1.29, 1.82) is 0 Å². The summed E-state index contributed by atoms with van der Waals surface area (Å²) in [4.78, 5) is 15.4. The summed E-state index contributed by atoms with van der Waals surface area (Å²) in [5.74, 6) is 1.26. The second-order valence-electron chi connectivity index (χ2n) is 6.86. The highest BCUT2D eigenvalue weighted by atomic mass is 16.3. The standard InChI is InChI=1S/C22H22N8O/c1-30(18-8-10-19(31)11-9-18)22-28-20(25-16-6-2-4-14(23)12-16)27-21(29-22)26-17-7-3-5-15(24)13-17/h2-13,31H,23-24H2,1H3,(H2,25,26,27,28,29). The Morgan fingerprint density at radius 2 is 1.26 bits per heavy atom. The summed E-state index contributed by atoms with van der Waals surface area (Å²) >= 11 is 0. The predicted octanol–water partition coefficient (Wildman–Crippen LogP) is 4.00. The van der Waals surface area contributed by atoms with Crippen molar-refractivity contribution in [2.24, 2.45) is 0 Å². The number of nitrogen functional groups attached to an aromatic ring is 2. The van der Waals surface area contributed by atoms with Crippen LogP contribution in [0.3, 0.4) is 0 Å². The average Bonchev–Trinajstić information content (AvgIpc) is 2.74. The van der Waals surface area contributed by atoms with Gasteiger partial charge in [0.2, 0.25) is 17.8 Å². The fraction of sp³-hybridized carbons (Fsp3) is 0.0455. The van der Waals surface area contributed by atoms with E-state index in [-0.39, 0.29) is 5.75 Å². The Hall–Kier alpha value is -4.53. The van der Waals surface area contributed by atoms with Crippen LogP contribution < -0.4 is 27.0 Å². The van der Waals surface area contributed by atoms with Crippen LogP contribution in [0.15, 0.2) is 72.8 Å². The number of aromatic hydroxyl groups is 1. The molecule has 0 fully saturated rings. The molecule has 0 bridgehead atoms. The minimum Gasteiger partial charge on any atom is -0.508 e. The molecule has 0 spiro atoms. The monoisotopic (exact) mass is 414 g/mol. The third-order valence-corrected chi connectivity index (χ3v) is 4.45. The number of nitrogens with two attached hydrogens (primary N) is 2. The van der Waals surface area contributed by atoms with Crippen LogP contribution in [0.4, 0.5) is 46.3 Å². The van der Waals surface area contributed by atoms with Gasteiger partial charge >= 0.3 is 0 Å². The van der Waals surface area contributed by atoms with Crippen molar-refractivity contribution in [3.05, 3.63) is 72.8 Å². The summed E-state index contributed by atoms with van der Waals surface area (Å²) in [6.07, 6.45) is 0. The van der Waals surface area contributed by atoms with Crippen molar-refractivity contribution in [1.82, 2.24) is 15.0 Å². The zero-order valence-electron chi connectivity index (χ0n) is 16.8. The third-order valence-electron chi connectivity index (χ3n) is 4.45. The minimum absolute atomic E-state index is 0.181. The maximum Gasteiger partial charge on any atom is 0.236 e. The van der Waals surface area contributed by atoms with E-state index in [1.165, 1.54) is 0 Å². The van der Waals surface area contributed by atoms with Crippen LogP contribution >= 0.6 is 0 Å². The van der Waals surface area contributed by atoms with Gasteiger partial charge in [-0.25, -0.2) is 0 Å². The molecule has 0 saturated heterocycles. The number of phenolic OH excluding ortho intramolecular Hbond substituents is 1. The van der Waals surface area contributed by atoms with Gasteiger partial charge in [-0.05, 0) is 60.7 Å². The first kappa shape index (κ1) is 19.8. The van der Waals surface area contributed by atoms with Crippen LogP contribution in [0.5, 0.6) is 5.75 Å². The Kier molecular flexibility index (Phi) is 5.39. The molecule has 0 unspecified atom stereocenters. The fourth-order valence-corrected chi connectivity index (χ4v) is 2.91. The van der Waals surface area contributed by atoms with Gasteiger partial charge in [0.05, 0.1) is 0 Å². The van der Waals surface area contributed by atoms with E-state index in [0.29, 0.717) is 29.2 Å². The second kappa shape index (κ2) is 8.46. The number of anilines is 8. The first-order chi connectivity index (χ1) is 15.0. The first-order valence-corrected chi connectivity index (χ1v) is 9.50. The SMILES string of the molecule is CN(c1ccc(O)cc1)c1nc(Nc2cccc(N)c2)nc(Nc2cccc(N)c2)n1. The predicted molar refractivity (Wildman–Crippen MR) is 124 cm³/mol. The van der Waals surface area contributed by atoms with Crippen LogP contribution in [-0.4, -0.2) is 27.1 Å². The van der Waals surface area contributed by atoms with E-state index in [1.807, 2.05) is 31.3 Å². The molecule has 1 aromatic heterocycles. The van der Waals surface area contributed by atoms with Gasteiger partial charge in [0, 0.05) is 35.5 Å². The van der Waals surface area contributed by atoms with Crippen LogP contribution in [0, 0.1) is 0 Å².